The molecule has 1 amide bonds. The van der Waals surface area contributed by atoms with Gasteiger partial charge >= 0.3 is 0 Å². The summed E-state index contributed by atoms with van der Waals surface area (Å²) in [4.78, 5) is 16.2. The SMILES string of the molecule is Cc1[nH]c(S(=O)(=O)N[C@]2(Cc3ccc(Cl)cc3)CCOC2)cc1C(=O)N1CC(F)(F)C1. The van der Waals surface area contributed by atoms with Crippen molar-refractivity contribution in [3.8, 4) is 0 Å². The van der Waals surface area contributed by atoms with Crippen molar-refractivity contribution in [2.75, 3.05) is 26.3 Å². The molecule has 2 saturated heterocycles. The predicted octanol–water partition coefficient (Wildman–Crippen LogP) is 2.75. The zero-order valence-electron chi connectivity index (χ0n) is 16.8. The number of aromatic nitrogens is 1. The number of benzene rings is 1. The molecule has 0 bridgehead atoms. The number of amides is 1. The summed E-state index contributed by atoms with van der Waals surface area (Å²) in [6.45, 7) is 0.805. The predicted molar refractivity (Wildman–Crippen MR) is 110 cm³/mol. The second kappa shape index (κ2) is 7.84. The van der Waals surface area contributed by atoms with Crippen LogP contribution >= 0.6 is 11.6 Å². The highest BCUT2D eigenvalue weighted by molar-refractivity contribution is 7.89. The van der Waals surface area contributed by atoms with Gasteiger partial charge in [0.1, 0.15) is 5.03 Å². The highest BCUT2D eigenvalue weighted by Gasteiger charge is 2.47. The molecule has 0 radical (unpaired) electrons. The largest absolute Gasteiger partial charge is 0.379 e. The zero-order chi connectivity index (χ0) is 22.4. The van der Waals surface area contributed by atoms with Gasteiger partial charge in [-0.3, -0.25) is 4.79 Å². The van der Waals surface area contributed by atoms with Crippen molar-refractivity contribution in [2.45, 2.75) is 36.3 Å². The number of aromatic amines is 1. The molecule has 2 aliphatic rings. The van der Waals surface area contributed by atoms with Crippen LogP contribution in [0, 0.1) is 6.92 Å². The van der Waals surface area contributed by atoms with Gasteiger partial charge < -0.3 is 14.6 Å². The molecule has 2 N–H and O–H groups in total. The number of H-pyrrole nitrogens is 1. The first-order valence-electron chi connectivity index (χ1n) is 9.72. The Kier molecular flexibility index (Phi) is 5.61. The van der Waals surface area contributed by atoms with Crippen molar-refractivity contribution in [3.05, 3.63) is 52.2 Å². The Hall–Kier alpha value is -2.01. The van der Waals surface area contributed by atoms with E-state index in [0.717, 1.165) is 10.5 Å². The number of alkyl halides is 2. The van der Waals surface area contributed by atoms with Crippen molar-refractivity contribution >= 4 is 27.5 Å². The van der Waals surface area contributed by atoms with Gasteiger partial charge in [-0.1, -0.05) is 23.7 Å². The van der Waals surface area contributed by atoms with Gasteiger partial charge in [-0.2, -0.15) is 0 Å². The summed E-state index contributed by atoms with van der Waals surface area (Å²) < 4.78 is 60.7. The number of rotatable bonds is 6. The monoisotopic (exact) mass is 473 g/mol. The molecule has 2 aliphatic heterocycles. The van der Waals surface area contributed by atoms with E-state index < -0.39 is 40.5 Å². The van der Waals surface area contributed by atoms with E-state index in [2.05, 4.69) is 9.71 Å². The Morgan fingerprint density at radius 3 is 2.55 bits per heavy atom. The number of hydrogen-bond donors (Lipinski definition) is 2. The van der Waals surface area contributed by atoms with E-state index in [4.69, 9.17) is 16.3 Å². The summed E-state index contributed by atoms with van der Waals surface area (Å²) >= 11 is 5.93. The molecule has 1 atom stereocenters. The highest BCUT2D eigenvalue weighted by Crippen LogP contribution is 2.30. The van der Waals surface area contributed by atoms with E-state index in [1.807, 2.05) is 12.1 Å². The summed E-state index contributed by atoms with van der Waals surface area (Å²) in [5, 5.41) is 0.392. The Bertz CT molecular complexity index is 1090. The van der Waals surface area contributed by atoms with Crippen molar-refractivity contribution < 1.29 is 26.7 Å². The van der Waals surface area contributed by atoms with Crippen LogP contribution in [0.3, 0.4) is 0 Å². The van der Waals surface area contributed by atoms with Crippen LogP contribution in [0.4, 0.5) is 8.78 Å². The molecule has 31 heavy (non-hydrogen) atoms. The maximum Gasteiger partial charge on any atom is 0.282 e. The number of hydrogen-bond acceptors (Lipinski definition) is 4. The molecule has 11 heteroatoms. The number of halogens is 3. The number of likely N-dealkylation sites (tertiary alicyclic amines) is 1. The fourth-order valence-corrected chi connectivity index (χ4v) is 5.52. The number of ether oxygens (including phenoxy) is 1. The zero-order valence-corrected chi connectivity index (χ0v) is 18.3. The topological polar surface area (TPSA) is 91.5 Å². The lowest BCUT2D eigenvalue weighted by Crippen LogP contribution is -2.58. The minimum atomic E-state index is -4.03. The third-order valence-electron chi connectivity index (χ3n) is 5.55. The van der Waals surface area contributed by atoms with Crippen molar-refractivity contribution in [1.29, 1.82) is 0 Å². The van der Waals surface area contributed by atoms with Crippen LogP contribution in [0.5, 0.6) is 0 Å². The van der Waals surface area contributed by atoms with Crippen LogP contribution in [-0.2, 0) is 21.2 Å². The first-order valence-corrected chi connectivity index (χ1v) is 11.6. The van der Waals surface area contributed by atoms with Gasteiger partial charge in [-0.15, -0.1) is 0 Å². The normalized spacial score (nSPS) is 23.0. The van der Waals surface area contributed by atoms with Crippen molar-refractivity contribution in [3.63, 3.8) is 0 Å². The van der Waals surface area contributed by atoms with Gasteiger partial charge in [0.05, 0.1) is 30.8 Å². The lowest BCUT2D eigenvalue weighted by atomic mass is 9.91. The maximum atomic E-state index is 13.1. The molecule has 2 fully saturated rings. The lowest BCUT2D eigenvalue weighted by Gasteiger charge is -2.38. The summed E-state index contributed by atoms with van der Waals surface area (Å²) in [5.41, 5.74) is 0.408. The van der Waals surface area contributed by atoms with E-state index in [1.54, 1.807) is 12.1 Å². The van der Waals surface area contributed by atoms with Gasteiger partial charge in [-0.25, -0.2) is 21.9 Å². The van der Waals surface area contributed by atoms with E-state index in [9.17, 15) is 22.0 Å². The number of nitrogens with one attached hydrogen (secondary N) is 2. The minimum Gasteiger partial charge on any atom is -0.379 e. The van der Waals surface area contributed by atoms with Gasteiger partial charge in [0.15, 0.2) is 0 Å². The standard InChI is InChI=1S/C20H22ClF2N3O4S/c1-13-16(18(27)26-10-20(22,23)11-26)8-17(24-13)31(28,29)25-19(6-7-30-12-19)9-14-2-4-15(21)5-3-14/h2-5,8,24-25H,6-7,9-12H2,1H3/t19-/m0/s1. The van der Waals surface area contributed by atoms with E-state index in [0.29, 0.717) is 30.2 Å². The second-order valence-corrected chi connectivity index (χ2v) is 10.3. The van der Waals surface area contributed by atoms with Crippen LogP contribution in [0.15, 0.2) is 35.4 Å². The molecule has 4 rings (SSSR count). The molecule has 168 valence electrons. The average molecular weight is 474 g/mol. The number of carbonyl (C=O) groups is 1. The van der Waals surface area contributed by atoms with Crippen LogP contribution in [0.1, 0.15) is 28.0 Å². The minimum absolute atomic E-state index is 0.0605. The number of aryl methyl sites for hydroxylation is 1. The number of carbonyl (C=O) groups excluding carboxylic acids is 1. The van der Waals surface area contributed by atoms with Crippen LogP contribution < -0.4 is 4.72 Å². The van der Waals surface area contributed by atoms with E-state index in [1.165, 1.54) is 13.0 Å². The molecule has 0 saturated carbocycles. The van der Waals surface area contributed by atoms with E-state index >= 15 is 0 Å². The summed E-state index contributed by atoms with van der Waals surface area (Å²) in [7, 11) is -4.03. The molecule has 7 nitrogen and oxygen atoms in total. The van der Waals surface area contributed by atoms with Gasteiger partial charge in [-0.05, 0) is 43.5 Å². The third-order valence-corrected chi connectivity index (χ3v) is 7.30. The third kappa shape index (κ3) is 4.62. The van der Waals surface area contributed by atoms with Gasteiger partial charge in [0, 0.05) is 17.3 Å². The Morgan fingerprint density at radius 1 is 1.29 bits per heavy atom. The molecule has 0 unspecified atom stereocenters. The fourth-order valence-electron chi connectivity index (χ4n) is 3.92. The van der Waals surface area contributed by atoms with Gasteiger partial charge in [0.25, 0.3) is 21.9 Å². The first kappa shape index (κ1) is 22.2. The summed E-state index contributed by atoms with van der Waals surface area (Å²) in [6, 6.07) is 8.33. The number of nitrogens with zero attached hydrogens (tertiary/aromatic N) is 1. The molecular weight excluding hydrogens is 452 g/mol. The van der Waals surface area contributed by atoms with Crippen LogP contribution in [0.25, 0.3) is 0 Å². The second-order valence-electron chi connectivity index (χ2n) is 8.18. The van der Waals surface area contributed by atoms with Crippen LogP contribution in [0.2, 0.25) is 5.02 Å². The fraction of sp³-hybridized carbons (Fsp3) is 0.450. The molecule has 0 aliphatic carbocycles. The Morgan fingerprint density at radius 2 is 1.97 bits per heavy atom. The molecule has 0 spiro atoms. The lowest BCUT2D eigenvalue weighted by molar-refractivity contribution is -0.113. The number of sulfonamides is 1. The summed E-state index contributed by atoms with van der Waals surface area (Å²) in [5.74, 6) is -3.52. The maximum absolute atomic E-state index is 13.1. The van der Waals surface area contributed by atoms with Crippen molar-refractivity contribution in [2.24, 2.45) is 0 Å². The van der Waals surface area contributed by atoms with E-state index in [-0.39, 0.29) is 17.2 Å². The average Bonchev–Trinajstić information content (AvgIpc) is 3.28. The smallest absolute Gasteiger partial charge is 0.282 e. The van der Waals surface area contributed by atoms with Crippen molar-refractivity contribution in [1.82, 2.24) is 14.6 Å². The molecule has 2 aromatic rings. The highest BCUT2D eigenvalue weighted by atomic mass is 35.5. The molecule has 1 aromatic heterocycles. The molecule has 3 heterocycles. The first-order chi connectivity index (χ1) is 14.5. The Balaban J connectivity index is 1.55. The quantitative estimate of drug-likeness (QED) is 0.675. The molecular formula is C20H22ClF2N3O4S. The van der Waals surface area contributed by atoms with Crippen LogP contribution in [-0.4, -0.2) is 62.0 Å². The van der Waals surface area contributed by atoms with Gasteiger partial charge in [0.2, 0.25) is 0 Å². The molecule has 1 aromatic carbocycles. The Labute approximate surface area is 183 Å². The summed E-state index contributed by atoms with van der Waals surface area (Å²) in [6.07, 6.45) is 0.876.